The van der Waals surface area contributed by atoms with Crippen LogP contribution in [-0.2, 0) is 16.2 Å². The maximum Gasteiger partial charge on any atom is 0.416 e. The summed E-state index contributed by atoms with van der Waals surface area (Å²) in [5, 5.41) is 2.46. The fraction of sp³-hybridized carbons (Fsp3) is 0.316. The molecule has 28 heavy (non-hydrogen) atoms. The summed E-state index contributed by atoms with van der Waals surface area (Å²) in [6.07, 6.45) is -2.95. The van der Waals surface area contributed by atoms with Gasteiger partial charge in [0.25, 0.3) is 5.91 Å². The Labute approximate surface area is 162 Å². The van der Waals surface area contributed by atoms with E-state index >= 15 is 0 Å². The largest absolute Gasteiger partial charge is 0.416 e. The van der Waals surface area contributed by atoms with Crippen molar-refractivity contribution < 1.29 is 26.4 Å². The minimum atomic E-state index is -4.55. The molecule has 2 rings (SSSR count). The quantitative estimate of drug-likeness (QED) is 0.731. The van der Waals surface area contributed by atoms with Gasteiger partial charge in [-0.2, -0.15) is 13.2 Å². The highest BCUT2D eigenvalue weighted by molar-refractivity contribution is 7.89. The SMILES string of the molecule is CCCCN(C)S(=O)(=O)c1ccc(NC(=O)c2cccc(C(F)(F)F)c2)cc1. The van der Waals surface area contributed by atoms with Gasteiger partial charge in [-0.1, -0.05) is 19.4 Å². The van der Waals surface area contributed by atoms with Crippen LogP contribution in [0.5, 0.6) is 0 Å². The van der Waals surface area contributed by atoms with Crippen molar-refractivity contribution in [1.82, 2.24) is 4.31 Å². The van der Waals surface area contributed by atoms with Crippen molar-refractivity contribution in [2.75, 3.05) is 18.9 Å². The van der Waals surface area contributed by atoms with Crippen LogP contribution >= 0.6 is 0 Å². The third-order valence-corrected chi connectivity index (χ3v) is 5.97. The van der Waals surface area contributed by atoms with Gasteiger partial charge in [0.1, 0.15) is 0 Å². The zero-order valence-corrected chi connectivity index (χ0v) is 16.3. The van der Waals surface area contributed by atoms with E-state index in [4.69, 9.17) is 0 Å². The molecule has 0 atom stereocenters. The van der Waals surface area contributed by atoms with Gasteiger partial charge in [0.05, 0.1) is 10.5 Å². The number of hydrogen-bond acceptors (Lipinski definition) is 3. The molecule has 0 saturated heterocycles. The number of carbonyl (C=O) groups is 1. The Hall–Kier alpha value is -2.39. The number of nitrogens with zero attached hydrogens (tertiary/aromatic N) is 1. The molecule has 1 N–H and O–H groups in total. The lowest BCUT2D eigenvalue weighted by Gasteiger charge is -2.17. The maximum atomic E-state index is 12.8. The molecule has 9 heteroatoms. The van der Waals surface area contributed by atoms with Crippen LogP contribution in [0.1, 0.15) is 35.7 Å². The van der Waals surface area contributed by atoms with Crippen LogP contribution < -0.4 is 5.32 Å². The number of unbranched alkanes of at least 4 members (excludes halogenated alkanes) is 1. The summed E-state index contributed by atoms with van der Waals surface area (Å²) in [6.45, 7) is 2.36. The van der Waals surface area contributed by atoms with Gasteiger partial charge in [0, 0.05) is 24.8 Å². The molecule has 0 aliphatic heterocycles. The second-order valence-electron chi connectivity index (χ2n) is 6.24. The second-order valence-corrected chi connectivity index (χ2v) is 8.28. The van der Waals surface area contributed by atoms with E-state index in [9.17, 15) is 26.4 Å². The van der Waals surface area contributed by atoms with Gasteiger partial charge < -0.3 is 5.32 Å². The summed E-state index contributed by atoms with van der Waals surface area (Å²) >= 11 is 0. The summed E-state index contributed by atoms with van der Waals surface area (Å²) in [5.41, 5.74) is -0.792. The third kappa shape index (κ3) is 5.32. The Balaban J connectivity index is 2.13. The zero-order valence-electron chi connectivity index (χ0n) is 15.5. The first-order valence-electron chi connectivity index (χ1n) is 8.60. The number of nitrogens with one attached hydrogen (secondary N) is 1. The standard InChI is InChI=1S/C19H21F3N2O3S/c1-3-4-12-24(2)28(26,27)17-10-8-16(9-11-17)23-18(25)14-6-5-7-15(13-14)19(20,21)22/h5-11,13H,3-4,12H2,1-2H3,(H,23,25). The molecule has 0 spiro atoms. The van der Waals surface area contributed by atoms with Crippen LogP contribution in [0, 0.1) is 0 Å². The minimum absolute atomic E-state index is 0.0724. The summed E-state index contributed by atoms with van der Waals surface area (Å²) in [4.78, 5) is 12.3. The van der Waals surface area contributed by atoms with Crippen LogP contribution in [0.25, 0.3) is 0 Å². The van der Waals surface area contributed by atoms with Crippen LogP contribution in [0.15, 0.2) is 53.4 Å². The number of alkyl halides is 3. The normalized spacial score (nSPS) is 12.2. The fourth-order valence-corrected chi connectivity index (χ4v) is 3.64. The molecular formula is C19H21F3N2O3S. The highest BCUT2D eigenvalue weighted by Gasteiger charge is 2.30. The number of anilines is 1. The average Bonchev–Trinajstić information content (AvgIpc) is 2.65. The Bertz CT molecular complexity index is 926. The number of amides is 1. The Kier molecular flexibility index (Phi) is 6.84. The highest BCUT2D eigenvalue weighted by Crippen LogP contribution is 2.29. The lowest BCUT2D eigenvalue weighted by molar-refractivity contribution is -0.137. The number of benzene rings is 2. The van der Waals surface area contributed by atoms with E-state index < -0.39 is 27.7 Å². The molecule has 2 aromatic rings. The first kappa shape index (κ1) is 21.9. The molecule has 1 amide bonds. The summed E-state index contributed by atoms with van der Waals surface area (Å²) in [6, 6.07) is 9.55. The summed E-state index contributed by atoms with van der Waals surface area (Å²) < 4.78 is 64.5. The summed E-state index contributed by atoms with van der Waals surface area (Å²) in [5.74, 6) is -0.721. The monoisotopic (exact) mass is 414 g/mol. The molecule has 0 aliphatic rings. The molecular weight excluding hydrogens is 393 g/mol. The lowest BCUT2D eigenvalue weighted by atomic mass is 10.1. The van der Waals surface area contributed by atoms with Crippen molar-refractivity contribution in [3.63, 3.8) is 0 Å². The van der Waals surface area contributed by atoms with Crippen molar-refractivity contribution in [3.05, 3.63) is 59.7 Å². The van der Waals surface area contributed by atoms with Gasteiger partial charge in [-0.25, -0.2) is 12.7 Å². The van der Waals surface area contributed by atoms with Crippen LogP contribution in [0.4, 0.5) is 18.9 Å². The number of carbonyl (C=O) groups excluding carboxylic acids is 1. The van der Waals surface area contributed by atoms with E-state index in [1.54, 1.807) is 0 Å². The van der Waals surface area contributed by atoms with Crippen molar-refractivity contribution in [1.29, 1.82) is 0 Å². The van der Waals surface area contributed by atoms with Gasteiger partial charge in [-0.05, 0) is 48.9 Å². The van der Waals surface area contributed by atoms with Gasteiger partial charge >= 0.3 is 6.18 Å². The molecule has 0 bridgehead atoms. The molecule has 0 radical (unpaired) electrons. The number of rotatable bonds is 7. The Morgan fingerprint density at radius 2 is 1.75 bits per heavy atom. The maximum absolute atomic E-state index is 12.8. The van der Waals surface area contributed by atoms with Crippen LogP contribution in [0.3, 0.4) is 0 Å². The van der Waals surface area contributed by atoms with Gasteiger partial charge in [-0.15, -0.1) is 0 Å². The number of halogens is 3. The van der Waals surface area contributed by atoms with Crippen LogP contribution in [-0.4, -0.2) is 32.2 Å². The number of sulfonamides is 1. The minimum Gasteiger partial charge on any atom is -0.322 e. The summed E-state index contributed by atoms with van der Waals surface area (Å²) in [7, 11) is -2.14. The molecule has 0 heterocycles. The first-order valence-corrected chi connectivity index (χ1v) is 10.0. The van der Waals surface area contributed by atoms with Crippen molar-refractivity contribution in [3.8, 4) is 0 Å². The molecule has 2 aromatic carbocycles. The third-order valence-electron chi connectivity index (χ3n) is 4.10. The molecule has 152 valence electrons. The van der Waals surface area contributed by atoms with Crippen molar-refractivity contribution >= 4 is 21.6 Å². The van der Waals surface area contributed by atoms with Gasteiger partial charge in [0.15, 0.2) is 0 Å². The van der Waals surface area contributed by atoms with Gasteiger partial charge in [0.2, 0.25) is 10.0 Å². The molecule has 0 unspecified atom stereocenters. The van der Waals surface area contributed by atoms with E-state index in [0.717, 1.165) is 31.0 Å². The average molecular weight is 414 g/mol. The van der Waals surface area contributed by atoms with Crippen LogP contribution in [0.2, 0.25) is 0 Å². The fourth-order valence-electron chi connectivity index (χ4n) is 2.43. The number of hydrogen-bond donors (Lipinski definition) is 1. The molecule has 0 saturated carbocycles. The van der Waals surface area contributed by atoms with E-state index in [0.29, 0.717) is 6.54 Å². The highest BCUT2D eigenvalue weighted by atomic mass is 32.2. The predicted molar refractivity (Wildman–Crippen MR) is 101 cm³/mol. The Morgan fingerprint density at radius 1 is 1.11 bits per heavy atom. The van der Waals surface area contributed by atoms with Crippen molar-refractivity contribution in [2.24, 2.45) is 0 Å². The zero-order chi connectivity index (χ0) is 20.9. The molecule has 0 fully saturated rings. The van der Waals surface area contributed by atoms with E-state index in [2.05, 4.69) is 5.32 Å². The first-order chi connectivity index (χ1) is 13.1. The molecule has 0 aromatic heterocycles. The van der Waals surface area contributed by atoms with Crippen molar-refractivity contribution in [2.45, 2.75) is 30.8 Å². The van der Waals surface area contributed by atoms with E-state index in [1.807, 2.05) is 6.92 Å². The van der Waals surface area contributed by atoms with Gasteiger partial charge in [-0.3, -0.25) is 4.79 Å². The second kappa shape index (κ2) is 8.74. The lowest BCUT2D eigenvalue weighted by Crippen LogP contribution is -2.27. The van der Waals surface area contributed by atoms with E-state index in [1.165, 1.54) is 41.7 Å². The molecule has 5 nitrogen and oxygen atoms in total. The molecule has 0 aliphatic carbocycles. The van der Waals surface area contributed by atoms with E-state index in [-0.39, 0.29) is 16.1 Å². The Morgan fingerprint density at radius 3 is 2.32 bits per heavy atom. The topological polar surface area (TPSA) is 66.5 Å². The predicted octanol–water partition coefficient (Wildman–Crippen LogP) is 4.38. The smallest absolute Gasteiger partial charge is 0.322 e.